The van der Waals surface area contributed by atoms with E-state index in [-0.39, 0.29) is 0 Å². The van der Waals surface area contributed by atoms with E-state index in [4.69, 9.17) is 4.74 Å². The molecule has 30 heavy (non-hydrogen) atoms. The summed E-state index contributed by atoms with van der Waals surface area (Å²) in [7, 11) is 1.74. The highest BCUT2D eigenvalue weighted by Gasteiger charge is 2.43. The Balaban J connectivity index is 1.58. The van der Waals surface area contributed by atoms with Gasteiger partial charge in [-0.1, -0.05) is 31.5 Å². The van der Waals surface area contributed by atoms with Gasteiger partial charge in [-0.2, -0.15) is 0 Å². The topological polar surface area (TPSA) is 25.4 Å². The number of ether oxygens (including phenoxy) is 1. The predicted octanol–water partition coefficient (Wildman–Crippen LogP) is 6.20. The number of pyridine rings is 1. The van der Waals surface area contributed by atoms with Gasteiger partial charge >= 0.3 is 0 Å². The van der Waals surface area contributed by atoms with Gasteiger partial charge in [0.15, 0.2) is 0 Å². The second-order valence-corrected chi connectivity index (χ2v) is 9.86. The van der Waals surface area contributed by atoms with Crippen LogP contribution in [0.5, 0.6) is 5.75 Å². The van der Waals surface area contributed by atoms with Crippen molar-refractivity contribution in [2.24, 2.45) is 11.8 Å². The molecule has 2 bridgehead atoms. The van der Waals surface area contributed by atoms with Crippen molar-refractivity contribution in [2.75, 3.05) is 20.2 Å². The maximum Gasteiger partial charge on any atom is 0.119 e. The summed E-state index contributed by atoms with van der Waals surface area (Å²) < 4.78 is 5.55. The first-order valence-electron chi connectivity index (χ1n) is 11.1. The fraction of sp³-hybridized carbons (Fsp3) is 0.423. The van der Waals surface area contributed by atoms with Gasteiger partial charge in [0, 0.05) is 29.1 Å². The average molecular weight is 419 g/mol. The smallest absolute Gasteiger partial charge is 0.119 e. The summed E-state index contributed by atoms with van der Waals surface area (Å²) in [6.07, 6.45) is 5.95. The van der Waals surface area contributed by atoms with E-state index < -0.39 is 0 Å². The summed E-state index contributed by atoms with van der Waals surface area (Å²) in [5, 5.41) is 1.60. The van der Waals surface area contributed by atoms with E-state index in [1.807, 2.05) is 24.0 Å². The molecule has 3 fully saturated rings. The van der Waals surface area contributed by atoms with Gasteiger partial charge in [-0.3, -0.25) is 9.88 Å². The van der Waals surface area contributed by atoms with Crippen molar-refractivity contribution in [3.05, 3.63) is 66.4 Å². The lowest BCUT2D eigenvalue weighted by atomic mass is 9.73. The van der Waals surface area contributed by atoms with E-state index >= 15 is 0 Å². The Morgan fingerprint density at radius 1 is 1.17 bits per heavy atom. The number of benzene rings is 2. The van der Waals surface area contributed by atoms with Crippen molar-refractivity contribution in [1.29, 1.82) is 0 Å². The van der Waals surface area contributed by atoms with E-state index in [9.17, 15) is 0 Å². The summed E-state index contributed by atoms with van der Waals surface area (Å²) in [4.78, 5) is 8.76. The van der Waals surface area contributed by atoms with E-state index in [1.165, 1.54) is 48.2 Å². The molecular weight excluding hydrogens is 388 g/mol. The number of hydrogen-bond donors (Lipinski definition) is 0. The highest BCUT2D eigenvalue weighted by molar-refractivity contribution is 7.99. The zero-order chi connectivity index (χ0) is 20.5. The van der Waals surface area contributed by atoms with Crippen molar-refractivity contribution in [2.45, 2.75) is 42.4 Å². The van der Waals surface area contributed by atoms with Gasteiger partial charge in [-0.05, 0) is 73.2 Å². The van der Waals surface area contributed by atoms with Crippen LogP contribution in [-0.4, -0.2) is 36.1 Å². The van der Waals surface area contributed by atoms with E-state index in [2.05, 4.69) is 65.3 Å². The molecule has 4 heteroatoms. The second kappa shape index (κ2) is 8.60. The van der Waals surface area contributed by atoms with Crippen LogP contribution in [0, 0.1) is 11.8 Å². The standard InChI is InChI=1S/C26H30N2OS/c1-3-18-17-28-14-12-19(18)15-25(28)26(30-21-7-5-4-6-8-21)22-11-13-27-24-10-9-20(29-2)16-23(22)24/h4-11,13,16,18-19,25-26H,3,12,14-15,17H2,1-2H3/t18-,19-,25-,26+/m0/s1. The second-order valence-electron chi connectivity index (χ2n) is 8.65. The molecule has 0 radical (unpaired) electrons. The number of rotatable bonds is 6. The number of piperidine rings is 3. The molecule has 6 rings (SSSR count). The van der Waals surface area contributed by atoms with Crippen molar-refractivity contribution >= 4 is 22.7 Å². The van der Waals surface area contributed by atoms with Gasteiger partial charge in [0.1, 0.15) is 5.75 Å². The SMILES string of the molecule is CC[C@H]1CN2CC[C@H]1C[C@H]2[C@H](Sc1ccccc1)c1ccnc2ccc(OC)cc12. The van der Waals surface area contributed by atoms with Crippen LogP contribution in [0.15, 0.2) is 65.7 Å². The Morgan fingerprint density at radius 2 is 2.03 bits per heavy atom. The molecule has 0 saturated carbocycles. The minimum atomic E-state index is 0.380. The fourth-order valence-electron chi connectivity index (χ4n) is 5.47. The van der Waals surface area contributed by atoms with Crippen LogP contribution in [0.2, 0.25) is 0 Å². The Bertz CT molecular complexity index is 1010. The lowest BCUT2D eigenvalue weighted by Crippen LogP contribution is -2.54. The van der Waals surface area contributed by atoms with E-state index in [0.29, 0.717) is 11.3 Å². The van der Waals surface area contributed by atoms with Crippen molar-refractivity contribution < 1.29 is 4.74 Å². The van der Waals surface area contributed by atoms with Gasteiger partial charge in [-0.25, -0.2) is 0 Å². The summed E-state index contributed by atoms with van der Waals surface area (Å²) in [5.74, 6) is 2.63. The molecule has 2 aromatic carbocycles. The van der Waals surface area contributed by atoms with Gasteiger partial charge in [0.2, 0.25) is 0 Å². The Kier molecular flexibility index (Phi) is 5.70. The number of nitrogens with zero attached hydrogens (tertiary/aromatic N) is 2. The molecular formula is C26H30N2OS. The molecule has 3 aromatic rings. The molecule has 1 aromatic heterocycles. The number of fused-ring (bicyclic) bond motifs is 4. The van der Waals surface area contributed by atoms with Crippen LogP contribution in [0.4, 0.5) is 0 Å². The van der Waals surface area contributed by atoms with Crippen LogP contribution in [0.1, 0.15) is 37.0 Å². The fourth-order valence-corrected chi connectivity index (χ4v) is 6.85. The molecule has 3 saturated heterocycles. The minimum absolute atomic E-state index is 0.380. The molecule has 3 nitrogen and oxygen atoms in total. The van der Waals surface area contributed by atoms with Crippen LogP contribution in [-0.2, 0) is 0 Å². The zero-order valence-electron chi connectivity index (χ0n) is 17.8. The summed E-state index contributed by atoms with van der Waals surface area (Å²) >= 11 is 2.01. The first-order valence-corrected chi connectivity index (χ1v) is 12.0. The summed E-state index contributed by atoms with van der Waals surface area (Å²) in [6, 6.07) is 19.9. The number of aromatic nitrogens is 1. The van der Waals surface area contributed by atoms with Crippen LogP contribution < -0.4 is 4.74 Å². The van der Waals surface area contributed by atoms with E-state index in [0.717, 1.165) is 23.1 Å². The van der Waals surface area contributed by atoms with Gasteiger partial charge in [0.05, 0.1) is 17.9 Å². The van der Waals surface area contributed by atoms with Crippen molar-refractivity contribution in [3.63, 3.8) is 0 Å². The lowest BCUT2D eigenvalue weighted by molar-refractivity contribution is -0.000887. The minimum Gasteiger partial charge on any atom is -0.497 e. The molecule has 4 heterocycles. The molecule has 5 atom stereocenters. The van der Waals surface area contributed by atoms with Gasteiger partial charge < -0.3 is 4.74 Å². The largest absolute Gasteiger partial charge is 0.497 e. The molecule has 1 unspecified atom stereocenters. The zero-order valence-corrected chi connectivity index (χ0v) is 18.6. The average Bonchev–Trinajstić information content (AvgIpc) is 2.82. The number of methoxy groups -OCH3 is 1. The Hall–Kier alpha value is -2.04. The molecule has 3 aliphatic rings. The van der Waals surface area contributed by atoms with Gasteiger partial charge in [-0.15, -0.1) is 11.8 Å². The molecule has 3 aliphatic heterocycles. The molecule has 0 spiro atoms. The monoisotopic (exact) mass is 418 g/mol. The predicted molar refractivity (Wildman–Crippen MR) is 125 cm³/mol. The van der Waals surface area contributed by atoms with Crippen LogP contribution in [0.25, 0.3) is 10.9 Å². The first-order chi connectivity index (χ1) is 14.8. The molecule has 0 aliphatic carbocycles. The molecule has 0 amide bonds. The normalized spacial score (nSPS) is 26.6. The van der Waals surface area contributed by atoms with Crippen molar-refractivity contribution in [3.8, 4) is 5.75 Å². The van der Waals surface area contributed by atoms with Crippen molar-refractivity contribution in [1.82, 2.24) is 9.88 Å². The highest BCUT2D eigenvalue weighted by Crippen LogP contribution is 2.49. The lowest BCUT2D eigenvalue weighted by Gasteiger charge is -2.52. The summed E-state index contributed by atoms with van der Waals surface area (Å²) in [5.41, 5.74) is 2.44. The van der Waals surface area contributed by atoms with Crippen LogP contribution >= 0.6 is 11.8 Å². The van der Waals surface area contributed by atoms with Crippen LogP contribution in [0.3, 0.4) is 0 Å². The third kappa shape index (κ3) is 3.72. The first kappa shape index (κ1) is 19.9. The quantitative estimate of drug-likeness (QED) is 0.445. The maximum absolute atomic E-state index is 5.55. The highest BCUT2D eigenvalue weighted by atomic mass is 32.2. The van der Waals surface area contributed by atoms with Gasteiger partial charge in [0.25, 0.3) is 0 Å². The molecule has 156 valence electrons. The third-order valence-electron chi connectivity index (χ3n) is 7.11. The maximum atomic E-state index is 5.55. The Labute approximate surface area is 183 Å². The Morgan fingerprint density at radius 3 is 2.77 bits per heavy atom. The third-order valence-corrected chi connectivity index (χ3v) is 8.47. The van der Waals surface area contributed by atoms with E-state index in [1.54, 1.807) is 7.11 Å². The number of thioether (sulfide) groups is 1. The number of hydrogen-bond acceptors (Lipinski definition) is 4. The summed E-state index contributed by atoms with van der Waals surface area (Å²) in [6.45, 7) is 4.86. The molecule has 0 N–H and O–H groups in total.